The Bertz CT molecular complexity index is 474. The minimum atomic E-state index is 0.547. The zero-order valence-electron chi connectivity index (χ0n) is 9.16. The van der Waals surface area contributed by atoms with Crippen LogP contribution in [-0.2, 0) is 7.05 Å². The molecule has 0 spiro atoms. The van der Waals surface area contributed by atoms with Crippen molar-refractivity contribution < 1.29 is 4.74 Å². The maximum absolute atomic E-state index is 5.48. The van der Waals surface area contributed by atoms with Crippen LogP contribution in [-0.4, -0.2) is 17.7 Å². The van der Waals surface area contributed by atoms with Gasteiger partial charge >= 0.3 is 0 Å². The van der Waals surface area contributed by atoms with Gasteiger partial charge in [0.1, 0.15) is 12.4 Å². The third-order valence-corrected chi connectivity index (χ3v) is 2.64. The third kappa shape index (κ3) is 1.83. The number of hydrogen-bond acceptors (Lipinski definition) is 2. The number of fused-ring (bicyclic) bond motifs is 1. The van der Waals surface area contributed by atoms with Gasteiger partial charge in [-0.2, -0.15) is 0 Å². The quantitative estimate of drug-likeness (QED) is 0.828. The molecule has 80 valence electrons. The predicted molar refractivity (Wildman–Crippen MR) is 62.2 cm³/mol. The Balaban J connectivity index is 2.39. The van der Waals surface area contributed by atoms with Gasteiger partial charge in [0, 0.05) is 30.2 Å². The van der Waals surface area contributed by atoms with Crippen molar-refractivity contribution >= 4 is 10.9 Å². The molecule has 0 atom stereocenters. The highest BCUT2D eigenvalue weighted by molar-refractivity contribution is 5.82. The highest BCUT2D eigenvalue weighted by Crippen LogP contribution is 2.23. The van der Waals surface area contributed by atoms with Gasteiger partial charge in [-0.05, 0) is 31.2 Å². The van der Waals surface area contributed by atoms with Gasteiger partial charge in [0.15, 0.2) is 0 Å². The summed E-state index contributed by atoms with van der Waals surface area (Å²) < 4.78 is 7.65. The molecule has 0 aliphatic heterocycles. The smallest absolute Gasteiger partial charge is 0.120 e. The molecule has 2 aromatic rings. The van der Waals surface area contributed by atoms with Crippen LogP contribution in [0.2, 0.25) is 0 Å². The maximum atomic E-state index is 5.48. The summed E-state index contributed by atoms with van der Waals surface area (Å²) >= 11 is 0. The number of aromatic nitrogens is 1. The fourth-order valence-corrected chi connectivity index (χ4v) is 1.73. The van der Waals surface area contributed by atoms with Gasteiger partial charge in [0.05, 0.1) is 0 Å². The molecule has 1 aromatic heterocycles. The molecular weight excluding hydrogens is 188 g/mol. The van der Waals surface area contributed by atoms with Crippen LogP contribution in [0, 0.1) is 6.92 Å². The molecule has 0 amide bonds. The Hall–Kier alpha value is -1.48. The Labute approximate surface area is 89.4 Å². The Morgan fingerprint density at radius 2 is 2.13 bits per heavy atom. The summed E-state index contributed by atoms with van der Waals surface area (Å²) in [5.74, 6) is 0.888. The average molecular weight is 204 g/mol. The van der Waals surface area contributed by atoms with E-state index in [9.17, 15) is 0 Å². The molecule has 0 saturated heterocycles. The van der Waals surface area contributed by atoms with E-state index in [-0.39, 0.29) is 0 Å². The van der Waals surface area contributed by atoms with E-state index in [1.165, 1.54) is 16.6 Å². The van der Waals surface area contributed by atoms with Crippen LogP contribution in [0.1, 0.15) is 5.69 Å². The van der Waals surface area contributed by atoms with Crippen LogP contribution in [0.25, 0.3) is 10.9 Å². The molecule has 0 aliphatic carbocycles. The molecule has 0 unspecified atom stereocenters. The highest BCUT2D eigenvalue weighted by Gasteiger charge is 2.03. The van der Waals surface area contributed by atoms with Crippen LogP contribution in [0.3, 0.4) is 0 Å². The summed E-state index contributed by atoms with van der Waals surface area (Å²) in [6.07, 6.45) is 0. The van der Waals surface area contributed by atoms with E-state index < -0.39 is 0 Å². The van der Waals surface area contributed by atoms with Crippen LogP contribution >= 0.6 is 0 Å². The molecule has 0 fully saturated rings. The fourth-order valence-electron chi connectivity index (χ4n) is 1.73. The zero-order valence-corrected chi connectivity index (χ0v) is 9.16. The van der Waals surface area contributed by atoms with Crippen molar-refractivity contribution in [2.75, 3.05) is 13.2 Å². The lowest BCUT2D eigenvalue weighted by Crippen LogP contribution is -2.10. The summed E-state index contributed by atoms with van der Waals surface area (Å²) in [5.41, 5.74) is 7.87. The number of hydrogen-bond donors (Lipinski definition) is 1. The molecule has 0 bridgehead atoms. The van der Waals surface area contributed by atoms with Gasteiger partial charge in [0.25, 0.3) is 0 Å². The lowest BCUT2D eigenvalue weighted by Gasteiger charge is -2.04. The molecule has 0 radical (unpaired) electrons. The van der Waals surface area contributed by atoms with E-state index in [1.807, 2.05) is 6.07 Å². The van der Waals surface area contributed by atoms with Crippen molar-refractivity contribution in [2.24, 2.45) is 12.8 Å². The van der Waals surface area contributed by atoms with Gasteiger partial charge in [-0.15, -0.1) is 0 Å². The van der Waals surface area contributed by atoms with Crippen molar-refractivity contribution in [3.8, 4) is 5.75 Å². The summed E-state index contributed by atoms with van der Waals surface area (Å²) in [6.45, 7) is 3.21. The molecule has 2 rings (SSSR count). The van der Waals surface area contributed by atoms with Gasteiger partial charge < -0.3 is 15.0 Å². The first-order chi connectivity index (χ1) is 7.22. The normalized spacial score (nSPS) is 10.9. The molecule has 0 saturated carbocycles. The lowest BCUT2D eigenvalue weighted by molar-refractivity contribution is 0.329. The Morgan fingerprint density at radius 3 is 2.87 bits per heavy atom. The van der Waals surface area contributed by atoms with E-state index in [2.05, 4.69) is 36.7 Å². The first kappa shape index (κ1) is 10.1. The van der Waals surface area contributed by atoms with Gasteiger partial charge in [-0.1, -0.05) is 0 Å². The van der Waals surface area contributed by atoms with Crippen molar-refractivity contribution in [3.05, 3.63) is 30.0 Å². The Kier molecular flexibility index (Phi) is 2.64. The first-order valence-corrected chi connectivity index (χ1v) is 5.11. The highest BCUT2D eigenvalue weighted by atomic mass is 16.5. The first-order valence-electron chi connectivity index (χ1n) is 5.11. The molecule has 3 nitrogen and oxygen atoms in total. The average Bonchev–Trinajstić information content (AvgIpc) is 2.52. The van der Waals surface area contributed by atoms with E-state index in [0.29, 0.717) is 13.2 Å². The molecule has 1 aromatic carbocycles. The van der Waals surface area contributed by atoms with Gasteiger partial charge in [-0.25, -0.2) is 0 Å². The Morgan fingerprint density at radius 1 is 1.33 bits per heavy atom. The van der Waals surface area contributed by atoms with E-state index >= 15 is 0 Å². The van der Waals surface area contributed by atoms with E-state index in [1.54, 1.807) is 0 Å². The second-order valence-electron chi connectivity index (χ2n) is 3.70. The van der Waals surface area contributed by atoms with E-state index in [0.717, 1.165) is 5.75 Å². The fraction of sp³-hybridized carbons (Fsp3) is 0.333. The lowest BCUT2D eigenvalue weighted by atomic mass is 10.2. The summed E-state index contributed by atoms with van der Waals surface area (Å²) in [4.78, 5) is 0. The second kappa shape index (κ2) is 3.95. The second-order valence-corrected chi connectivity index (χ2v) is 3.70. The predicted octanol–water partition coefficient (Wildman–Crippen LogP) is 1.82. The molecule has 1 heterocycles. The maximum Gasteiger partial charge on any atom is 0.120 e. The molecule has 15 heavy (non-hydrogen) atoms. The monoisotopic (exact) mass is 204 g/mol. The number of ether oxygens (including phenoxy) is 1. The number of nitrogens with two attached hydrogens (primary N) is 1. The molecular formula is C12H16N2O. The van der Waals surface area contributed by atoms with Gasteiger partial charge in [0.2, 0.25) is 0 Å². The van der Waals surface area contributed by atoms with Crippen molar-refractivity contribution in [1.29, 1.82) is 0 Å². The largest absolute Gasteiger partial charge is 0.492 e. The van der Waals surface area contributed by atoms with Crippen molar-refractivity contribution in [3.63, 3.8) is 0 Å². The minimum absolute atomic E-state index is 0.547. The molecule has 3 heteroatoms. The summed E-state index contributed by atoms with van der Waals surface area (Å²) in [5, 5.41) is 1.21. The van der Waals surface area contributed by atoms with Crippen LogP contribution in [0.4, 0.5) is 0 Å². The van der Waals surface area contributed by atoms with Crippen molar-refractivity contribution in [1.82, 2.24) is 4.57 Å². The summed E-state index contributed by atoms with van der Waals surface area (Å²) in [6, 6.07) is 8.27. The number of nitrogens with zero attached hydrogens (tertiary/aromatic N) is 1. The zero-order chi connectivity index (χ0) is 10.8. The number of benzene rings is 1. The topological polar surface area (TPSA) is 40.2 Å². The third-order valence-electron chi connectivity index (χ3n) is 2.64. The number of aryl methyl sites for hydroxylation is 2. The van der Waals surface area contributed by atoms with Crippen LogP contribution in [0.15, 0.2) is 24.3 Å². The van der Waals surface area contributed by atoms with Crippen LogP contribution < -0.4 is 10.5 Å². The van der Waals surface area contributed by atoms with Crippen LogP contribution in [0.5, 0.6) is 5.75 Å². The minimum Gasteiger partial charge on any atom is -0.492 e. The SMILES string of the molecule is Cc1cc2cc(OCCN)ccc2n1C. The number of rotatable bonds is 3. The van der Waals surface area contributed by atoms with E-state index in [4.69, 9.17) is 10.5 Å². The molecule has 2 N–H and O–H groups in total. The summed E-state index contributed by atoms with van der Waals surface area (Å²) in [7, 11) is 2.07. The molecule has 0 aliphatic rings. The standard InChI is InChI=1S/C12H16N2O/c1-9-7-10-8-11(15-6-5-13)3-4-12(10)14(9)2/h3-4,7-8H,5-6,13H2,1-2H3. The van der Waals surface area contributed by atoms with Crippen molar-refractivity contribution in [2.45, 2.75) is 6.92 Å². The van der Waals surface area contributed by atoms with Gasteiger partial charge in [-0.3, -0.25) is 0 Å².